The van der Waals surface area contributed by atoms with Crippen LogP contribution in [0.25, 0.3) is 0 Å². The Morgan fingerprint density at radius 3 is 2.50 bits per heavy atom. The van der Waals surface area contributed by atoms with Gasteiger partial charge >= 0.3 is 6.36 Å². The van der Waals surface area contributed by atoms with Crippen LogP contribution in [0.2, 0.25) is 0 Å². The van der Waals surface area contributed by atoms with Crippen molar-refractivity contribution < 1.29 is 27.4 Å². The molecule has 0 saturated heterocycles. The van der Waals surface area contributed by atoms with Crippen molar-refractivity contribution in [3.63, 3.8) is 0 Å². The van der Waals surface area contributed by atoms with Gasteiger partial charge in [0.1, 0.15) is 12.4 Å². The fourth-order valence-electron chi connectivity index (χ4n) is 0.980. The van der Waals surface area contributed by atoms with Gasteiger partial charge in [-0.3, -0.25) is 4.98 Å². The van der Waals surface area contributed by atoms with E-state index in [2.05, 4.69) is 9.72 Å². The maximum absolute atomic E-state index is 12.4. The van der Waals surface area contributed by atoms with Crippen LogP contribution in [0.15, 0.2) is 6.07 Å². The standard InChI is InChI=1S/C8H6F4INO2/c9-2-5-7(13)6(16-8(10,11)12)1-4(3-15)14-5/h1,15H,2-3H2. The normalized spacial score (nSPS) is 11.6. The lowest BCUT2D eigenvalue weighted by Gasteiger charge is -2.13. The summed E-state index contributed by atoms with van der Waals surface area (Å²) in [6.07, 6.45) is -4.86. The average Bonchev–Trinajstić information content (AvgIpc) is 2.19. The summed E-state index contributed by atoms with van der Waals surface area (Å²) in [5, 5.41) is 8.75. The second-order valence-corrected chi connectivity index (χ2v) is 3.79. The van der Waals surface area contributed by atoms with E-state index in [1.54, 1.807) is 0 Å². The molecule has 1 aromatic rings. The Labute approximate surface area is 102 Å². The number of alkyl halides is 4. The quantitative estimate of drug-likeness (QED) is 0.673. The molecule has 0 spiro atoms. The Kier molecular flexibility index (Phi) is 4.30. The zero-order valence-electron chi connectivity index (χ0n) is 7.68. The molecule has 3 nitrogen and oxygen atoms in total. The molecule has 0 atom stereocenters. The van der Waals surface area contributed by atoms with E-state index < -0.39 is 25.4 Å². The molecule has 90 valence electrons. The summed E-state index contributed by atoms with van der Waals surface area (Å²) in [6, 6.07) is 0.925. The molecule has 0 bridgehead atoms. The smallest absolute Gasteiger partial charge is 0.405 e. The van der Waals surface area contributed by atoms with E-state index in [9.17, 15) is 17.6 Å². The SMILES string of the molecule is OCc1cc(OC(F)(F)F)c(I)c(CF)n1. The summed E-state index contributed by atoms with van der Waals surface area (Å²) in [5.41, 5.74) is -0.265. The Balaban J connectivity index is 3.16. The highest BCUT2D eigenvalue weighted by Crippen LogP contribution is 2.30. The predicted octanol–water partition coefficient (Wildman–Crippen LogP) is 2.55. The van der Waals surface area contributed by atoms with Crippen LogP contribution >= 0.6 is 22.6 Å². The monoisotopic (exact) mass is 351 g/mol. The minimum absolute atomic E-state index is 0.0605. The molecule has 0 aliphatic rings. The average molecular weight is 351 g/mol. The highest BCUT2D eigenvalue weighted by atomic mass is 127. The van der Waals surface area contributed by atoms with Crippen molar-refractivity contribution in [1.29, 1.82) is 0 Å². The molecule has 0 aliphatic carbocycles. The summed E-state index contributed by atoms with van der Waals surface area (Å²) in [7, 11) is 0. The molecule has 0 radical (unpaired) electrons. The van der Waals surface area contributed by atoms with Gasteiger partial charge in [0, 0.05) is 6.07 Å². The second-order valence-electron chi connectivity index (χ2n) is 2.71. The number of pyridine rings is 1. The van der Waals surface area contributed by atoms with E-state index in [1.165, 1.54) is 22.6 Å². The number of halogens is 5. The lowest BCUT2D eigenvalue weighted by Crippen LogP contribution is -2.18. The summed E-state index contributed by atoms with van der Waals surface area (Å²) in [6.45, 7) is -1.61. The van der Waals surface area contributed by atoms with Gasteiger partial charge in [0.05, 0.1) is 21.6 Å². The van der Waals surface area contributed by atoms with Crippen LogP contribution in [-0.4, -0.2) is 16.5 Å². The van der Waals surface area contributed by atoms with E-state index in [4.69, 9.17) is 5.11 Å². The molecule has 0 unspecified atom stereocenters. The molecule has 0 fully saturated rings. The number of aliphatic hydroxyl groups excluding tert-OH is 1. The van der Waals surface area contributed by atoms with Crippen LogP contribution in [0.4, 0.5) is 17.6 Å². The van der Waals surface area contributed by atoms with Crippen molar-refractivity contribution in [3.8, 4) is 5.75 Å². The van der Waals surface area contributed by atoms with Crippen LogP contribution in [0, 0.1) is 3.57 Å². The third kappa shape index (κ3) is 3.44. The topological polar surface area (TPSA) is 42.4 Å². The second kappa shape index (κ2) is 5.13. The summed E-state index contributed by atoms with van der Waals surface area (Å²) in [4.78, 5) is 3.62. The number of aliphatic hydroxyl groups is 1. The van der Waals surface area contributed by atoms with Crippen molar-refractivity contribution in [1.82, 2.24) is 4.98 Å². The van der Waals surface area contributed by atoms with Crippen LogP contribution in [-0.2, 0) is 13.3 Å². The first kappa shape index (κ1) is 13.4. The van der Waals surface area contributed by atoms with E-state index >= 15 is 0 Å². The fraction of sp³-hybridized carbons (Fsp3) is 0.375. The van der Waals surface area contributed by atoms with E-state index in [0.29, 0.717) is 0 Å². The molecule has 0 saturated carbocycles. The zero-order valence-corrected chi connectivity index (χ0v) is 9.84. The third-order valence-corrected chi connectivity index (χ3v) is 2.71. The van der Waals surface area contributed by atoms with Gasteiger partial charge in [0.25, 0.3) is 0 Å². The number of hydrogen-bond acceptors (Lipinski definition) is 3. The Morgan fingerprint density at radius 2 is 2.06 bits per heavy atom. The van der Waals surface area contributed by atoms with Crippen molar-refractivity contribution >= 4 is 22.6 Å². The van der Waals surface area contributed by atoms with Gasteiger partial charge in [-0.1, -0.05) is 0 Å². The van der Waals surface area contributed by atoms with Crippen LogP contribution in [0.3, 0.4) is 0 Å². The first-order valence-corrected chi connectivity index (χ1v) is 5.06. The highest BCUT2D eigenvalue weighted by molar-refractivity contribution is 14.1. The summed E-state index contributed by atoms with van der Waals surface area (Å²) < 4.78 is 52.0. The number of aromatic nitrogens is 1. The van der Waals surface area contributed by atoms with Gasteiger partial charge in [0.15, 0.2) is 0 Å². The minimum Gasteiger partial charge on any atom is -0.405 e. The Hall–Kier alpha value is -0.640. The predicted molar refractivity (Wildman–Crippen MR) is 54.4 cm³/mol. The largest absolute Gasteiger partial charge is 0.573 e. The van der Waals surface area contributed by atoms with E-state index in [1.807, 2.05) is 0 Å². The number of ether oxygens (including phenoxy) is 1. The maximum Gasteiger partial charge on any atom is 0.573 e. The van der Waals surface area contributed by atoms with Crippen molar-refractivity contribution in [3.05, 3.63) is 21.0 Å². The molecule has 16 heavy (non-hydrogen) atoms. The zero-order chi connectivity index (χ0) is 12.3. The minimum atomic E-state index is -4.86. The first-order valence-electron chi connectivity index (χ1n) is 3.98. The van der Waals surface area contributed by atoms with Crippen molar-refractivity contribution in [2.24, 2.45) is 0 Å². The molecule has 1 heterocycles. The first-order chi connectivity index (χ1) is 7.37. The molecule has 1 N–H and O–H groups in total. The van der Waals surface area contributed by atoms with Gasteiger partial charge in [-0.05, 0) is 22.6 Å². The third-order valence-electron chi connectivity index (χ3n) is 1.56. The Bertz CT molecular complexity index is 383. The number of rotatable bonds is 3. The molecule has 0 aliphatic heterocycles. The van der Waals surface area contributed by atoms with Gasteiger partial charge in [-0.15, -0.1) is 13.2 Å². The molecular weight excluding hydrogens is 345 g/mol. The summed E-state index contributed by atoms with van der Waals surface area (Å²) in [5.74, 6) is -0.556. The number of hydrogen-bond donors (Lipinski definition) is 1. The van der Waals surface area contributed by atoms with E-state index in [0.717, 1.165) is 6.07 Å². The number of nitrogens with zero attached hydrogens (tertiary/aromatic N) is 1. The maximum atomic E-state index is 12.4. The van der Waals surface area contributed by atoms with Crippen LogP contribution in [0.5, 0.6) is 5.75 Å². The van der Waals surface area contributed by atoms with Gasteiger partial charge < -0.3 is 9.84 Å². The Morgan fingerprint density at radius 1 is 1.44 bits per heavy atom. The molecule has 0 amide bonds. The molecule has 1 aromatic heterocycles. The van der Waals surface area contributed by atoms with Gasteiger partial charge in [-0.2, -0.15) is 0 Å². The molecule has 8 heteroatoms. The lowest BCUT2D eigenvalue weighted by molar-refractivity contribution is -0.275. The lowest BCUT2D eigenvalue weighted by atomic mass is 10.3. The summed E-state index contributed by atoms with van der Waals surface area (Å²) >= 11 is 1.50. The molecule has 1 rings (SSSR count). The van der Waals surface area contributed by atoms with E-state index in [-0.39, 0.29) is 15.0 Å². The van der Waals surface area contributed by atoms with Gasteiger partial charge in [-0.25, -0.2) is 4.39 Å². The fourth-order valence-corrected chi connectivity index (χ4v) is 1.51. The van der Waals surface area contributed by atoms with Gasteiger partial charge in [0.2, 0.25) is 0 Å². The van der Waals surface area contributed by atoms with Crippen LogP contribution < -0.4 is 4.74 Å². The molecule has 0 aromatic carbocycles. The van der Waals surface area contributed by atoms with Crippen molar-refractivity contribution in [2.75, 3.05) is 0 Å². The molecular formula is C8H6F4INO2. The van der Waals surface area contributed by atoms with Crippen LogP contribution in [0.1, 0.15) is 11.4 Å². The highest BCUT2D eigenvalue weighted by Gasteiger charge is 2.32. The van der Waals surface area contributed by atoms with Crippen molar-refractivity contribution in [2.45, 2.75) is 19.6 Å².